The van der Waals surface area contributed by atoms with Crippen molar-refractivity contribution in [3.8, 4) is 5.69 Å². The van der Waals surface area contributed by atoms with Crippen LogP contribution in [0.5, 0.6) is 0 Å². The molecule has 1 aromatic heterocycles. The molecule has 0 spiro atoms. The van der Waals surface area contributed by atoms with Gasteiger partial charge in [-0.2, -0.15) is 13.2 Å². The third-order valence-corrected chi connectivity index (χ3v) is 6.02. The van der Waals surface area contributed by atoms with Crippen LogP contribution in [0.2, 0.25) is 5.02 Å². The molecule has 2 aromatic carbocycles. The van der Waals surface area contributed by atoms with Gasteiger partial charge in [-0.1, -0.05) is 17.7 Å². The average molecular weight is 532 g/mol. The highest BCUT2D eigenvalue weighted by atomic mass is 35.5. The normalized spacial score (nSPS) is 18.5. The molecule has 1 aliphatic rings. The minimum absolute atomic E-state index is 0.179. The van der Waals surface area contributed by atoms with Gasteiger partial charge >= 0.3 is 18.0 Å². The van der Waals surface area contributed by atoms with E-state index in [-0.39, 0.29) is 10.1 Å². The van der Waals surface area contributed by atoms with Gasteiger partial charge in [0.05, 0.1) is 28.0 Å². The topological polar surface area (TPSA) is 120 Å². The molecular weight excluding hydrogens is 517 g/mol. The first-order valence-corrected chi connectivity index (χ1v) is 10.4. The van der Waals surface area contributed by atoms with Crippen molar-refractivity contribution < 1.29 is 36.6 Å². The van der Waals surface area contributed by atoms with Crippen molar-refractivity contribution in [3.63, 3.8) is 0 Å². The summed E-state index contributed by atoms with van der Waals surface area (Å²) in [6.45, 7) is 1.25. The number of nitrogens with one attached hydrogen (secondary N) is 2. The highest BCUT2D eigenvalue weighted by molar-refractivity contribution is 6.32. The number of hydrogen-bond donors (Lipinski definition) is 3. The van der Waals surface area contributed by atoms with Crippen molar-refractivity contribution >= 4 is 40.6 Å². The highest BCUT2D eigenvalue weighted by Crippen LogP contribution is 2.41. The zero-order valence-electron chi connectivity index (χ0n) is 18.3. The second-order valence-electron chi connectivity index (χ2n) is 8.11. The standard InChI is InChI=1S/C21H15ClF5N5O4/c1-20(7-12(33)31(2)17(30-20)29-19(35)36)8-3-5-10(23)15(14(8)24)32-16-11(28-18(32)34)6-4-9(22)13(16)21(25,26)27/h3-6H,7H2,1-2H3,(H,28,34)(H,29,30)(H,35,36)/t20-/m0/s1. The van der Waals surface area contributed by atoms with Gasteiger partial charge in [0.25, 0.3) is 0 Å². The number of aromatic amines is 1. The Labute approximate surface area is 202 Å². The number of aromatic nitrogens is 2. The molecule has 36 heavy (non-hydrogen) atoms. The Morgan fingerprint density at radius 1 is 1.22 bits per heavy atom. The molecule has 190 valence electrons. The Morgan fingerprint density at radius 2 is 1.89 bits per heavy atom. The summed E-state index contributed by atoms with van der Waals surface area (Å²) in [7, 11) is 1.22. The van der Waals surface area contributed by atoms with Crippen LogP contribution in [0.15, 0.2) is 34.1 Å². The molecule has 0 bridgehead atoms. The van der Waals surface area contributed by atoms with Gasteiger partial charge in [-0.15, -0.1) is 0 Å². The van der Waals surface area contributed by atoms with E-state index in [9.17, 15) is 31.9 Å². The molecule has 0 radical (unpaired) electrons. The van der Waals surface area contributed by atoms with E-state index in [1.165, 1.54) is 14.0 Å². The van der Waals surface area contributed by atoms with Gasteiger partial charge < -0.3 is 10.1 Å². The summed E-state index contributed by atoms with van der Waals surface area (Å²) in [5.41, 5.74) is -7.50. The summed E-state index contributed by atoms with van der Waals surface area (Å²) < 4.78 is 72.6. The van der Waals surface area contributed by atoms with E-state index in [1.807, 2.05) is 5.32 Å². The number of rotatable bonds is 2. The van der Waals surface area contributed by atoms with Crippen LogP contribution in [0, 0.1) is 11.6 Å². The van der Waals surface area contributed by atoms with Crippen LogP contribution in [-0.4, -0.2) is 44.6 Å². The number of alkyl halides is 3. The molecule has 0 saturated heterocycles. The van der Waals surface area contributed by atoms with Crippen molar-refractivity contribution in [3.05, 3.63) is 62.5 Å². The quantitative estimate of drug-likeness (QED) is 0.433. The van der Waals surface area contributed by atoms with E-state index >= 15 is 4.39 Å². The number of carbonyl (C=O) groups is 2. The summed E-state index contributed by atoms with van der Waals surface area (Å²) in [5.74, 6) is -4.01. The summed E-state index contributed by atoms with van der Waals surface area (Å²) >= 11 is 5.75. The molecular formula is C21H15ClF5N5O4. The second-order valence-corrected chi connectivity index (χ2v) is 8.52. The van der Waals surface area contributed by atoms with Crippen molar-refractivity contribution in [2.45, 2.75) is 25.1 Å². The first-order valence-electron chi connectivity index (χ1n) is 10.0. The molecule has 4 rings (SSSR count). The number of hydrogen-bond acceptors (Lipinski definition) is 4. The molecule has 0 aliphatic carbocycles. The van der Waals surface area contributed by atoms with Crippen LogP contribution >= 0.6 is 11.6 Å². The van der Waals surface area contributed by atoms with Crippen LogP contribution in [0.4, 0.5) is 26.7 Å². The third-order valence-electron chi connectivity index (χ3n) is 5.71. The maximum Gasteiger partial charge on any atom is 0.419 e. The van der Waals surface area contributed by atoms with E-state index in [0.29, 0.717) is 6.07 Å². The molecule has 2 amide bonds. The van der Waals surface area contributed by atoms with E-state index in [0.717, 1.165) is 23.1 Å². The Bertz CT molecular complexity index is 1530. The molecule has 3 N–H and O–H groups in total. The van der Waals surface area contributed by atoms with E-state index in [4.69, 9.17) is 16.7 Å². The van der Waals surface area contributed by atoms with Crippen molar-refractivity contribution in [1.82, 2.24) is 19.8 Å². The second kappa shape index (κ2) is 8.33. The predicted molar refractivity (Wildman–Crippen MR) is 117 cm³/mol. The number of aliphatic imine (C=N–C) groups is 1. The van der Waals surface area contributed by atoms with Gasteiger partial charge in [0.2, 0.25) is 11.9 Å². The Balaban J connectivity index is 2.04. The lowest BCUT2D eigenvalue weighted by atomic mass is 9.86. The average Bonchev–Trinajstić information content (AvgIpc) is 3.06. The van der Waals surface area contributed by atoms with Crippen LogP contribution in [-0.2, 0) is 16.5 Å². The summed E-state index contributed by atoms with van der Waals surface area (Å²) in [4.78, 5) is 43.4. The van der Waals surface area contributed by atoms with Gasteiger partial charge in [-0.3, -0.25) is 19.6 Å². The monoisotopic (exact) mass is 531 g/mol. The molecule has 15 heteroatoms. The van der Waals surface area contributed by atoms with E-state index < -0.39 is 80.8 Å². The lowest BCUT2D eigenvalue weighted by molar-refractivity contribution is -0.136. The Hall–Kier alpha value is -3.94. The third kappa shape index (κ3) is 3.96. The molecule has 0 fully saturated rings. The number of carboxylic acid groups (broad SMARTS) is 1. The number of imidazole rings is 1. The number of fused-ring (bicyclic) bond motifs is 1. The van der Waals surface area contributed by atoms with E-state index in [2.05, 4.69) is 9.98 Å². The van der Waals surface area contributed by atoms with Gasteiger partial charge in [-0.25, -0.2) is 23.4 Å². The van der Waals surface area contributed by atoms with Crippen molar-refractivity contribution in [2.75, 3.05) is 7.05 Å². The van der Waals surface area contributed by atoms with Crippen LogP contribution in [0.1, 0.15) is 24.5 Å². The zero-order chi connectivity index (χ0) is 26.7. The Kier molecular flexibility index (Phi) is 5.82. The maximum atomic E-state index is 15.9. The number of nitrogens with zero attached hydrogens (tertiary/aromatic N) is 3. The number of benzene rings is 2. The lowest BCUT2D eigenvalue weighted by Gasteiger charge is -2.35. The smallest absolute Gasteiger partial charge is 0.419 e. The van der Waals surface area contributed by atoms with Crippen LogP contribution < -0.4 is 11.0 Å². The minimum Gasteiger partial charge on any atom is -0.465 e. The molecule has 1 aliphatic heterocycles. The summed E-state index contributed by atoms with van der Waals surface area (Å²) in [6.07, 6.45) is -7.16. The van der Waals surface area contributed by atoms with Gasteiger partial charge in [0, 0.05) is 12.6 Å². The first kappa shape index (κ1) is 25.2. The highest BCUT2D eigenvalue weighted by Gasteiger charge is 2.42. The number of guanidine groups is 1. The fraction of sp³-hybridized carbons (Fsp3) is 0.238. The molecule has 9 nitrogen and oxygen atoms in total. The van der Waals surface area contributed by atoms with Gasteiger partial charge in [0.1, 0.15) is 17.1 Å². The fourth-order valence-electron chi connectivity index (χ4n) is 4.06. The predicted octanol–water partition coefficient (Wildman–Crippen LogP) is 3.97. The van der Waals surface area contributed by atoms with Crippen LogP contribution in [0.25, 0.3) is 16.7 Å². The molecule has 0 unspecified atom stereocenters. The Morgan fingerprint density at radius 3 is 2.50 bits per heavy atom. The fourth-order valence-corrected chi connectivity index (χ4v) is 4.32. The van der Waals surface area contributed by atoms with Crippen molar-refractivity contribution in [1.29, 1.82) is 0 Å². The number of H-pyrrole nitrogens is 1. The van der Waals surface area contributed by atoms with Crippen LogP contribution in [0.3, 0.4) is 0 Å². The molecule has 2 heterocycles. The van der Waals surface area contributed by atoms with Gasteiger partial charge in [-0.05, 0) is 25.1 Å². The zero-order valence-corrected chi connectivity index (χ0v) is 19.1. The lowest BCUT2D eigenvalue weighted by Crippen LogP contribution is -2.51. The molecule has 0 saturated carbocycles. The number of amides is 2. The largest absolute Gasteiger partial charge is 0.465 e. The minimum atomic E-state index is -5.09. The first-order chi connectivity index (χ1) is 16.7. The maximum absolute atomic E-state index is 15.9. The number of carbonyl (C=O) groups excluding carboxylic acids is 1. The molecule has 1 atom stereocenters. The summed E-state index contributed by atoms with van der Waals surface area (Å²) in [6, 6.07) is 3.54. The SMILES string of the molecule is CN1C(=O)C[C@@](C)(c2ccc(F)c(-n3c(=O)[nH]c4ccc(Cl)c(C(F)(F)F)c43)c2F)N=C1NC(=O)O. The molecule has 3 aromatic rings. The number of halogens is 6. The van der Waals surface area contributed by atoms with Gasteiger partial charge in [0.15, 0.2) is 5.82 Å². The van der Waals surface area contributed by atoms with Crippen molar-refractivity contribution in [2.24, 2.45) is 4.99 Å². The summed E-state index contributed by atoms with van der Waals surface area (Å²) in [5, 5.41) is 10.1. The van der Waals surface area contributed by atoms with E-state index in [1.54, 1.807) is 0 Å².